The Balaban J connectivity index is 1.53. The van der Waals surface area contributed by atoms with Gasteiger partial charge in [-0.2, -0.15) is 4.98 Å². The molecule has 0 amide bonds. The number of nitrogens with one attached hydrogen (secondary N) is 1. The highest BCUT2D eigenvalue weighted by molar-refractivity contribution is 7.89. The van der Waals surface area contributed by atoms with E-state index in [0.29, 0.717) is 31.1 Å². The highest BCUT2D eigenvalue weighted by Gasteiger charge is 2.26. The van der Waals surface area contributed by atoms with Gasteiger partial charge in [-0.05, 0) is 37.1 Å². The third kappa shape index (κ3) is 5.12. The Morgan fingerprint density at radius 2 is 1.85 bits per heavy atom. The zero-order chi connectivity index (χ0) is 19.7. The normalized spacial score (nSPS) is 17.3. The lowest BCUT2D eigenvalue weighted by Gasteiger charge is -2.31. The van der Waals surface area contributed by atoms with Gasteiger partial charge in [-0.3, -0.25) is 4.90 Å². The molecule has 1 aliphatic rings. The van der Waals surface area contributed by atoms with E-state index in [4.69, 9.17) is 4.52 Å². The van der Waals surface area contributed by atoms with E-state index < -0.39 is 15.8 Å². The van der Waals surface area contributed by atoms with E-state index in [0.717, 1.165) is 25.2 Å². The predicted octanol–water partition coefficient (Wildman–Crippen LogP) is 2.45. The minimum absolute atomic E-state index is 0.0758. The summed E-state index contributed by atoms with van der Waals surface area (Å²) in [5.41, 5.74) is -0.159. The van der Waals surface area contributed by atoms with Gasteiger partial charge in [0.05, 0.1) is 11.4 Å². The van der Waals surface area contributed by atoms with Gasteiger partial charge in [-0.25, -0.2) is 17.5 Å². The van der Waals surface area contributed by atoms with E-state index in [9.17, 15) is 12.8 Å². The highest BCUT2D eigenvalue weighted by atomic mass is 32.2. The molecule has 148 valence electrons. The second-order valence-corrected chi connectivity index (χ2v) is 9.60. The van der Waals surface area contributed by atoms with Gasteiger partial charge in [0.2, 0.25) is 15.9 Å². The molecular formula is C18H25FN4O3S. The third-order valence-corrected chi connectivity index (χ3v) is 6.07. The third-order valence-electron chi connectivity index (χ3n) is 4.53. The van der Waals surface area contributed by atoms with Crippen molar-refractivity contribution in [1.29, 1.82) is 0 Å². The molecule has 0 aliphatic carbocycles. The zero-order valence-corrected chi connectivity index (χ0v) is 16.6. The monoisotopic (exact) mass is 396 g/mol. The summed E-state index contributed by atoms with van der Waals surface area (Å²) in [4.78, 5) is 6.68. The van der Waals surface area contributed by atoms with Gasteiger partial charge in [0, 0.05) is 24.5 Å². The average molecular weight is 396 g/mol. The van der Waals surface area contributed by atoms with Gasteiger partial charge in [0.1, 0.15) is 5.82 Å². The second kappa shape index (κ2) is 7.65. The van der Waals surface area contributed by atoms with E-state index in [1.54, 1.807) is 0 Å². The Labute approximate surface area is 159 Å². The zero-order valence-electron chi connectivity index (χ0n) is 15.8. The number of likely N-dealkylation sites (tertiary alicyclic amines) is 1. The van der Waals surface area contributed by atoms with E-state index >= 15 is 0 Å². The van der Waals surface area contributed by atoms with Crippen LogP contribution in [0.5, 0.6) is 0 Å². The molecule has 0 saturated carbocycles. The van der Waals surface area contributed by atoms with Crippen LogP contribution < -0.4 is 4.72 Å². The summed E-state index contributed by atoms with van der Waals surface area (Å²) in [6.45, 7) is 8.09. The smallest absolute Gasteiger partial charge is 0.240 e. The number of nitrogens with zero attached hydrogens (tertiary/aromatic N) is 3. The van der Waals surface area contributed by atoms with E-state index in [-0.39, 0.29) is 16.4 Å². The number of sulfonamides is 1. The molecule has 1 aromatic heterocycles. The van der Waals surface area contributed by atoms with Crippen LogP contribution in [-0.4, -0.2) is 42.6 Å². The van der Waals surface area contributed by atoms with Crippen molar-refractivity contribution in [1.82, 2.24) is 19.8 Å². The molecule has 1 N–H and O–H groups in total. The number of hydrogen-bond donors (Lipinski definition) is 1. The van der Waals surface area contributed by atoms with Crippen LogP contribution in [0.25, 0.3) is 0 Å². The number of benzene rings is 1. The lowest BCUT2D eigenvalue weighted by Crippen LogP contribution is -2.44. The SMILES string of the molecule is CC(C)(C)c1noc(CN2CCC(NS(=O)(=O)c3ccc(F)cc3)CC2)n1. The van der Waals surface area contributed by atoms with Crippen LogP contribution in [0.4, 0.5) is 4.39 Å². The van der Waals surface area contributed by atoms with Crippen LogP contribution in [0, 0.1) is 5.82 Å². The first-order valence-corrected chi connectivity index (χ1v) is 10.5. The topological polar surface area (TPSA) is 88.3 Å². The van der Waals surface area contributed by atoms with E-state index in [2.05, 4.69) is 19.8 Å². The molecule has 9 heteroatoms. The Hall–Kier alpha value is -1.84. The van der Waals surface area contributed by atoms with Crippen LogP contribution in [-0.2, 0) is 22.0 Å². The number of hydrogen-bond acceptors (Lipinski definition) is 6. The van der Waals surface area contributed by atoms with Crippen molar-refractivity contribution in [3.8, 4) is 0 Å². The first-order chi connectivity index (χ1) is 12.6. The van der Waals surface area contributed by atoms with Crippen LogP contribution in [0.15, 0.2) is 33.7 Å². The van der Waals surface area contributed by atoms with Crippen molar-refractivity contribution in [3.05, 3.63) is 41.8 Å². The molecule has 1 saturated heterocycles. The van der Waals surface area contributed by atoms with Crippen molar-refractivity contribution in [2.75, 3.05) is 13.1 Å². The standard InChI is InChI=1S/C18H25FN4O3S/c1-18(2,3)17-20-16(26-21-17)12-23-10-8-14(9-11-23)22-27(24,25)15-6-4-13(19)5-7-15/h4-7,14,22H,8-12H2,1-3H3. The maximum absolute atomic E-state index is 13.0. The Morgan fingerprint density at radius 1 is 1.22 bits per heavy atom. The predicted molar refractivity (Wildman–Crippen MR) is 98.0 cm³/mol. The molecule has 1 aromatic carbocycles. The quantitative estimate of drug-likeness (QED) is 0.835. The molecule has 0 radical (unpaired) electrons. The van der Waals surface area contributed by atoms with Crippen molar-refractivity contribution < 1.29 is 17.3 Å². The minimum Gasteiger partial charge on any atom is -0.338 e. The van der Waals surface area contributed by atoms with Gasteiger partial charge in [-0.1, -0.05) is 25.9 Å². The summed E-state index contributed by atoms with van der Waals surface area (Å²) < 4.78 is 45.8. The number of rotatable bonds is 5. The largest absolute Gasteiger partial charge is 0.338 e. The second-order valence-electron chi connectivity index (χ2n) is 7.89. The van der Waals surface area contributed by atoms with Gasteiger partial charge in [-0.15, -0.1) is 0 Å². The fourth-order valence-corrected chi connectivity index (χ4v) is 4.23. The molecule has 2 heterocycles. The summed E-state index contributed by atoms with van der Waals surface area (Å²) in [7, 11) is -3.64. The molecule has 27 heavy (non-hydrogen) atoms. The van der Waals surface area contributed by atoms with E-state index in [1.165, 1.54) is 12.1 Å². The Kier molecular flexibility index (Phi) is 5.64. The first-order valence-electron chi connectivity index (χ1n) is 8.97. The van der Waals surface area contributed by atoms with Crippen molar-refractivity contribution in [2.45, 2.75) is 56.5 Å². The summed E-state index contributed by atoms with van der Waals surface area (Å²) in [6.07, 6.45) is 1.36. The summed E-state index contributed by atoms with van der Waals surface area (Å²) >= 11 is 0. The summed E-state index contributed by atoms with van der Waals surface area (Å²) in [5, 5.41) is 4.02. The minimum atomic E-state index is -3.64. The van der Waals surface area contributed by atoms with Crippen molar-refractivity contribution in [3.63, 3.8) is 0 Å². The van der Waals surface area contributed by atoms with Crippen LogP contribution in [0.1, 0.15) is 45.3 Å². The fourth-order valence-electron chi connectivity index (χ4n) is 2.93. The fraction of sp³-hybridized carbons (Fsp3) is 0.556. The molecule has 0 spiro atoms. The molecular weight excluding hydrogens is 371 g/mol. The van der Waals surface area contributed by atoms with E-state index in [1.807, 2.05) is 20.8 Å². The average Bonchev–Trinajstić information content (AvgIpc) is 3.06. The summed E-state index contributed by atoms with van der Waals surface area (Å²) in [6, 6.07) is 4.69. The first kappa shape index (κ1) is 19.9. The Morgan fingerprint density at radius 3 is 2.41 bits per heavy atom. The lowest BCUT2D eigenvalue weighted by molar-refractivity contribution is 0.177. The molecule has 7 nitrogen and oxygen atoms in total. The van der Waals surface area contributed by atoms with Crippen molar-refractivity contribution in [2.24, 2.45) is 0 Å². The number of halogens is 1. The summed E-state index contributed by atoms with van der Waals surface area (Å²) in [5.74, 6) is 0.794. The van der Waals surface area contributed by atoms with Crippen LogP contribution in [0.2, 0.25) is 0 Å². The van der Waals surface area contributed by atoms with Gasteiger partial charge >= 0.3 is 0 Å². The maximum Gasteiger partial charge on any atom is 0.240 e. The van der Waals surface area contributed by atoms with Crippen molar-refractivity contribution >= 4 is 10.0 Å². The molecule has 0 atom stereocenters. The lowest BCUT2D eigenvalue weighted by atomic mass is 9.96. The highest BCUT2D eigenvalue weighted by Crippen LogP contribution is 2.20. The van der Waals surface area contributed by atoms with Gasteiger partial charge in [0.15, 0.2) is 5.82 Å². The molecule has 1 aliphatic heterocycles. The number of piperidine rings is 1. The Bertz CT molecular complexity index is 867. The maximum atomic E-state index is 13.0. The molecule has 2 aromatic rings. The van der Waals surface area contributed by atoms with Crippen LogP contribution >= 0.6 is 0 Å². The number of aromatic nitrogens is 2. The molecule has 1 fully saturated rings. The van der Waals surface area contributed by atoms with Gasteiger partial charge < -0.3 is 4.52 Å². The molecule has 0 unspecified atom stereocenters. The molecule has 0 bridgehead atoms. The molecule has 3 rings (SSSR count). The van der Waals surface area contributed by atoms with Gasteiger partial charge in [0.25, 0.3) is 0 Å². The van der Waals surface area contributed by atoms with Crippen LogP contribution in [0.3, 0.4) is 0 Å².